The van der Waals surface area contributed by atoms with Gasteiger partial charge in [0, 0.05) is 4.92 Å². The fourth-order valence-corrected chi connectivity index (χ4v) is 2.03. The molecule has 86 valence electrons. The molecule has 1 aliphatic carbocycles. The van der Waals surface area contributed by atoms with Crippen molar-refractivity contribution in [2.24, 2.45) is 5.92 Å². The Bertz CT molecular complexity index is 404. The molecule has 6 heteroatoms. The molecule has 0 radical (unpaired) electrons. The predicted molar refractivity (Wildman–Crippen MR) is 49.5 cm³/mol. The van der Waals surface area contributed by atoms with Gasteiger partial charge in [0.25, 0.3) is 0 Å². The van der Waals surface area contributed by atoms with Crippen LogP contribution in [0.15, 0.2) is 30.3 Å². The van der Waals surface area contributed by atoms with Crippen molar-refractivity contribution in [1.29, 1.82) is 0 Å². The van der Waals surface area contributed by atoms with Gasteiger partial charge in [-0.25, -0.2) is 0 Å². The first-order valence-corrected chi connectivity index (χ1v) is 4.68. The summed E-state index contributed by atoms with van der Waals surface area (Å²) in [4.78, 5) is 9.67. The van der Waals surface area contributed by atoms with Gasteiger partial charge in [-0.05, 0) is 5.56 Å². The third kappa shape index (κ3) is 1.75. The molecule has 2 rings (SSSR count). The summed E-state index contributed by atoms with van der Waals surface area (Å²) in [5.74, 6) is -2.87. The number of hydrogen-bond acceptors (Lipinski definition) is 2. The number of nitro groups is 1. The smallest absolute Gasteiger partial charge is 0.264 e. The number of halogens is 3. The first-order chi connectivity index (χ1) is 7.43. The molecule has 1 saturated carbocycles. The highest BCUT2D eigenvalue weighted by atomic mass is 19.4. The molecule has 0 heterocycles. The second-order valence-electron chi connectivity index (χ2n) is 3.78. The monoisotopic (exact) mass is 231 g/mol. The molecule has 1 aliphatic rings. The molecule has 0 amide bonds. The van der Waals surface area contributed by atoms with E-state index in [0.717, 1.165) is 0 Å². The Kier molecular flexibility index (Phi) is 2.36. The minimum absolute atomic E-state index is 0.381. The summed E-state index contributed by atoms with van der Waals surface area (Å²) < 4.78 is 37.4. The summed E-state index contributed by atoms with van der Waals surface area (Å²) in [6.07, 6.45) is -4.50. The molecule has 3 nitrogen and oxygen atoms in total. The number of alkyl halides is 3. The van der Waals surface area contributed by atoms with E-state index in [1.807, 2.05) is 0 Å². The summed E-state index contributed by atoms with van der Waals surface area (Å²) >= 11 is 0. The van der Waals surface area contributed by atoms with E-state index in [9.17, 15) is 23.3 Å². The highest BCUT2D eigenvalue weighted by Gasteiger charge is 2.72. The Morgan fingerprint density at radius 1 is 1.19 bits per heavy atom. The standard InChI is InChI=1S/C10H8F3NO2/c11-10(12,13)8-7(9(8)14(15)16)6-4-2-1-3-5-6/h1-5,7-9H/t7-,8+,9+/m0/s1. The lowest BCUT2D eigenvalue weighted by Gasteiger charge is -2.02. The predicted octanol–water partition coefficient (Wildman–Crippen LogP) is 2.61. The Balaban J connectivity index is 2.27. The van der Waals surface area contributed by atoms with E-state index in [0.29, 0.717) is 5.56 Å². The summed E-state index contributed by atoms with van der Waals surface area (Å²) in [5, 5.41) is 10.5. The lowest BCUT2D eigenvalue weighted by molar-refractivity contribution is -0.503. The zero-order chi connectivity index (χ0) is 11.9. The average Bonchev–Trinajstić information content (AvgIpc) is 2.93. The molecular formula is C10H8F3NO2. The van der Waals surface area contributed by atoms with Crippen molar-refractivity contribution in [3.63, 3.8) is 0 Å². The lowest BCUT2D eigenvalue weighted by atomic mass is 10.1. The van der Waals surface area contributed by atoms with Gasteiger partial charge in [-0.1, -0.05) is 30.3 Å². The quantitative estimate of drug-likeness (QED) is 0.580. The first kappa shape index (κ1) is 10.9. The average molecular weight is 231 g/mol. The van der Waals surface area contributed by atoms with Crippen molar-refractivity contribution in [1.82, 2.24) is 0 Å². The topological polar surface area (TPSA) is 43.1 Å². The van der Waals surface area contributed by atoms with Gasteiger partial charge in [-0.2, -0.15) is 13.2 Å². The van der Waals surface area contributed by atoms with Gasteiger partial charge in [0.15, 0.2) is 0 Å². The molecule has 1 fully saturated rings. The molecule has 0 saturated heterocycles. The van der Waals surface area contributed by atoms with Gasteiger partial charge < -0.3 is 0 Å². The molecule has 1 aromatic carbocycles. The second-order valence-corrected chi connectivity index (χ2v) is 3.78. The third-order valence-electron chi connectivity index (χ3n) is 2.79. The van der Waals surface area contributed by atoms with Crippen LogP contribution >= 0.6 is 0 Å². The van der Waals surface area contributed by atoms with Crippen molar-refractivity contribution in [3.05, 3.63) is 46.0 Å². The van der Waals surface area contributed by atoms with Crippen molar-refractivity contribution < 1.29 is 18.1 Å². The third-order valence-corrected chi connectivity index (χ3v) is 2.79. The van der Waals surface area contributed by atoms with E-state index < -0.39 is 29.0 Å². The maximum absolute atomic E-state index is 12.5. The molecule has 0 N–H and O–H groups in total. The highest BCUT2D eigenvalue weighted by molar-refractivity contribution is 5.30. The van der Waals surface area contributed by atoms with Gasteiger partial charge in [-0.15, -0.1) is 0 Å². The van der Waals surface area contributed by atoms with Crippen LogP contribution in [0.2, 0.25) is 0 Å². The second kappa shape index (κ2) is 3.47. The number of rotatable bonds is 2. The maximum Gasteiger partial charge on any atom is 0.399 e. The van der Waals surface area contributed by atoms with Gasteiger partial charge in [-0.3, -0.25) is 10.1 Å². The highest BCUT2D eigenvalue weighted by Crippen LogP contribution is 2.57. The molecule has 0 spiro atoms. The summed E-state index contributed by atoms with van der Waals surface area (Å²) in [6, 6.07) is 6.29. The van der Waals surface area contributed by atoms with Crippen LogP contribution in [-0.2, 0) is 0 Å². The normalized spacial score (nSPS) is 28.8. The zero-order valence-electron chi connectivity index (χ0n) is 8.02. The molecule has 0 aromatic heterocycles. The fourth-order valence-electron chi connectivity index (χ4n) is 2.03. The van der Waals surface area contributed by atoms with Gasteiger partial charge in [0.05, 0.1) is 5.92 Å². The van der Waals surface area contributed by atoms with Gasteiger partial charge in [0.2, 0.25) is 6.04 Å². The van der Waals surface area contributed by atoms with Crippen molar-refractivity contribution >= 4 is 0 Å². The van der Waals surface area contributed by atoms with Crippen LogP contribution in [0.5, 0.6) is 0 Å². The molecule has 0 unspecified atom stereocenters. The van der Waals surface area contributed by atoms with Crippen LogP contribution < -0.4 is 0 Å². The van der Waals surface area contributed by atoms with E-state index in [1.54, 1.807) is 18.2 Å². The van der Waals surface area contributed by atoms with Gasteiger partial charge in [0.1, 0.15) is 5.92 Å². The summed E-state index contributed by atoms with van der Waals surface area (Å²) in [5.41, 5.74) is 0.381. The minimum atomic E-state index is -4.50. The van der Waals surface area contributed by atoms with Crippen LogP contribution in [0, 0.1) is 16.0 Å². The lowest BCUT2D eigenvalue weighted by Crippen LogP contribution is -2.17. The molecule has 1 aromatic rings. The Hall–Kier alpha value is -1.59. The summed E-state index contributed by atoms with van der Waals surface area (Å²) in [6.45, 7) is 0. The zero-order valence-corrected chi connectivity index (χ0v) is 8.02. The summed E-state index contributed by atoms with van der Waals surface area (Å²) in [7, 11) is 0. The Morgan fingerprint density at radius 3 is 2.12 bits per heavy atom. The molecule has 0 aliphatic heterocycles. The van der Waals surface area contributed by atoms with E-state index in [-0.39, 0.29) is 0 Å². The molecule has 16 heavy (non-hydrogen) atoms. The van der Waals surface area contributed by atoms with Crippen LogP contribution in [0.1, 0.15) is 11.5 Å². The SMILES string of the molecule is O=[N+]([O-])[C@@H]1[C@@H](c2ccccc2)[C@H]1C(F)(F)F. The van der Waals surface area contributed by atoms with Crippen LogP contribution in [0.4, 0.5) is 13.2 Å². The number of hydrogen-bond donors (Lipinski definition) is 0. The van der Waals surface area contributed by atoms with Crippen LogP contribution in [-0.4, -0.2) is 17.1 Å². The van der Waals surface area contributed by atoms with Gasteiger partial charge >= 0.3 is 6.18 Å². The number of nitrogens with zero attached hydrogens (tertiary/aromatic N) is 1. The minimum Gasteiger partial charge on any atom is -0.264 e. The van der Waals surface area contributed by atoms with Crippen molar-refractivity contribution in [2.45, 2.75) is 18.1 Å². The van der Waals surface area contributed by atoms with E-state index in [4.69, 9.17) is 0 Å². The molecule has 3 atom stereocenters. The van der Waals surface area contributed by atoms with E-state index in [2.05, 4.69) is 0 Å². The Morgan fingerprint density at radius 2 is 1.75 bits per heavy atom. The maximum atomic E-state index is 12.5. The fraction of sp³-hybridized carbons (Fsp3) is 0.400. The van der Waals surface area contributed by atoms with E-state index >= 15 is 0 Å². The van der Waals surface area contributed by atoms with Crippen molar-refractivity contribution in [2.75, 3.05) is 0 Å². The van der Waals surface area contributed by atoms with Crippen molar-refractivity contribution in [3.8, 4) is 0 Å². The molecular weight excluding hydrogens is 223 g/mol. The van der Waals surface area contributed by atoms with Crippen LogP contribution in [0.25, 0.3) is 0 Å². The van der Waals surface area contributed by atoms with E-state index in [1.165, 1.54) is 12.1 Å². The van der Waals surface area contributed by atoms with Crippen LogP contribution in [0.3, 0.4) is 0 Å². The Labute approximate surface area is 89.0 Å². The first-order valence-electron chi connectivity index (χ1n) is 4.68. The largest absolute Gasteiger partial charge is 0.399 e. The molecule has 0 bridgehead atoms. The number of benzene rings is 1.